The van der Waals surface area contributed by atoms with Gasteiger partial charge in [0, 0.05) is 18.5 Å². The quantitative estimate of drug-likeness (QED) is 0.897. The van der Waals surface area contributed by atoms with E-state index in [1.807, 2.05) is 19.1 Å². The van der Waals surface area contributed by atoms with Crippen LogP contribution in [0.2, 0.25) is 0 Å². The van der Waals surface area contributed by atoms with Gasteiger partial charge in [-0.05, 0) is 51.6 Å². The van der Waals surface area contributed by atoms with Gasteiger partial charge in [-0.1, -0.05) is 0 Å². The predicted octanol–water partition coefficient (Wildman–Crippen LogP) is 2.56. The van der Waals surface area contributed by atoms with Crippen molar-refractivity contribution in [2.75, 3.05) is 20.2 Å². The fraction of sp³-hybridized carbons (Fsp3) is 0.688. The number of rotatable bonds is 5. The normalized spacial score (nSPS) is 25.2. The highest BCUT2D eigenvalue weighted by Crippen LogP contribution is 2.48. The lowest BCUT2D eigenvalue weighted by molar-refractivity contribution is 0.0107. The molecule has 3 rings (SSSR count). The van der Waals surface area contributed by atoms with Crippen LogP contribution in [0.15, 0.2) is 12.1 Å². The maximum absolute atomic E-state index is 6.48. The van der Waals surface area contributed by atoms with E-state index in [9.17, 15) is 0 Å². The first-order valence-electron chi connectivity index (χ1n) is 7.55. The standard InChI is InChI=1S/C16H24N2O2/c1-11-14(6-7-15(18-11)19-3)20-16(2,12-4-5-12)13-8-9-17-10-13/h6-7,12-13,17H,4-5,8-10H2,1-3H3/t13-,16?/m0/s1. The largest absolute Gasteiger partial charge is 0.485 e. The smallest absolute Gasteiger partial charge is 0.213 e. The van der Waals surface area contributed by atoms with Crippen LogP contribution in [0, 0.1) is 18.8 Å². The average Bonchev–Trinajstić information content (AvgIpc) is 3.16. The Morgan fingerprint density at radius 1 is 1.25 bits per heavy atom. The van der Waals surface area contributed by atoms with Crippen LogP contribution in [-0.4, -0.2) is 30.8 Å². The van der Waals surface area contributed by atoms with Gasteiger partial charge in [-0.2, -0.15) is 0 Å². The van der Waals surface area contributed by atoms with E-state index < -0.39 is 0 Å². The van der Waals surface area contributed by atoms with E-state index in [2.05, 4.69) is 17.2 Å². The third kappa shape index (κ3) is 2.49. The van der Waals surface area contributed by atoms with Gasteiger partial charge < -0.3 is 14.8 Å². The van der Waals surface area contributed by atoms with Gasteiger partial charge in [-0.15, -0.1) is 0 Å². The number of ether oxygens (including phenoxy) is 2. The molecule has 1 saturated heterocycles. The molecular weight excluding hydrogens is 252 g/mol. The van der Waals surface area contributed by atoms with Crippen LogP contribution < -0.4 is 14.8 Å². The highest BCUT2D eigenvalue weighted by Gasteiger charge is 2.49. The maximum atomic E-state index is 6.48. The second-order valence-corrected chi connectivity index (χ2v) is 6.19. The summed E-state index contributed by atoms with van der Waals surface area (Å²) in [6.07, 6.45) is 3.78. The van der Waals surface area contributed by atoms with Crippen molar-refractivity contribution in [1.29, 1.82) is 0 Å². The highest BCUT2D eigenvalue weighted by atomic mass is 16.5. The van der Waals surface area contributed by atoms with Gasteiger partial charge in [0.25, 0.3) is 0 Å². The Morgan fingerprint density at radius 2 is 2.05 bits per heavy atom. The minimum Gasteiger partial charge on any atom is -0.485 e. The van der Waals surface area contributed by atoms with E-state index >= 15 is 0 Å². The van der Waals surface area contributed by atoms with Crippen molar-refractivity contribution in [3.63, 3.8) is 0 Å². The highest BCUT2D eigenvalue weighted by molar-refractivity contribution is 5.31. The molecule has 110 valence electrons. The summed E-state index contributed by atoms with van der Waals surface area (Å²) in [6, 6.07) is 3.87. The van der Waals surface area contributed by atoms with Gasteiger partial charge in [0.2, 0.25) is 5.88 Å². The molecule has 1 unspecified atom stereocenters. The predicted molar refractivity (Wildman–Crippen MR) is 78.3 cm³/mol. The Hall–Kier alpha value is -1.29. The molecular formula is C16H24N2O2. The summed E-state index contributed by atoms with van der Waals surface area (Å²) in [5.41, 5.74) is 0.840. The summed E-state index contributed by atoms with van der Waals surface area (Å²) in [6.45, 7) is 6.44. The molecule has 20 heavy (non-hydrogen) atoms. The lowest BCUT2D eigenvalue weighted by Crippen LogP contribution is -2.44. The first kappa shape index (κ1) is 13.7. The first-order valence-corrected chi connectivity index (χ1v) is 7.55. The lowest BCUT2D eigenvalue weighted by atomic mass is 9.83. The number of hydrogen-bond donors (Lipinski definition) is 1. The van der Waals surface area contributed by atoms with Crippen molar-refractivity contribution in [1.82, 2.24) is 10.3 Å². The molecule has 2 fully saturated rings. The van der Waals surface area contributed by atoms with Gasteiger partial charge in [0.05, 0.1) is 12.8 Å². The van der Waals surface area contributed by atoms with Crippen molar-refractivity contribution in [2.45, 2.75) is 38.7 Å². The first-order chi connectivity index (χ1) is 9.63. The molecule has 2 atom stereocenters. The Bertz CT molecular complexity index is 481. The van der Waals surface area contributed by atoms with Crippen LogP contribution in [0.5, 0.6) is 11.6 Å². The van der Waals surface area contributed by atoms with Gasteiger partial charge in [-0.3, -0.25) is 0 Å². The number of nitrogens with one attached hydrogen (secondary N) is 1. The summed E-state index contributed by atoms with van der Waals surface area (Å²) < 4.78 is 11.6. The van der Waals surface area contributed by atoms with Crippen molar-refractivity contribution in [2.24, 2.45) is 11.8 Å². The zero-order valence-corrected chi connectivity index (χ0v) is 12.6. The lowest BCUT2D eigenvalue weighted by Gasteiger charge is -2.36. The summed E-state index contributed by atoms with van der Waals surface area (Å²) in [5.74, 6) is 2.82. The molecule has 1 aromatic rings. The number of aryl methyl sites for hydroxylation is 1. The van der Waals surface area contributed by atoms with E-state index in [1.165, 1.54) is 19.3 Å². The Balaban J connectivity index is 1.82. The molecule has 2 heterocycles. The Labute approximate surface area is 120 Å². The maximum Gasteiger partial charge on any atom is 0.213 e. The zero-order chi connectivity index (χ0) is 14.2. The molecule has 0 amide bonds. The molecule has 1 N–H and O–H groups in total. The average molecular weight is 276 g/mol. The monoisotopic (exact) mass is 276 g/mol. The second kappa shape index (κ2) is 5.24. The molecule has 2 aliphatic rings. The molecule has 4 heteroatoms. The van der Waals surface area contributed by atoms with Crippen LogP contribution in [0.4, 0.5) is 0 Å². The fourth-order valence-corrected chi connectivity index (χ4v) is 3.28. The SMILES string of the molecule is COc1ccc(OC(C)(C2CC2)[C@H]2CCNC2)c(C)n1. The molecule has 0 aromatic carbocycles. The molecule has 1 aromatic heterocycles. The molecule has 1 aliphatic heterocycles. The number of pyridine rings is 1. The Morgan fingerprint density at radius 3 is 2.60 bits per heavy atom. The van der Waals surface area contributed by atoms with Crippen LogP contribution in [0.25, 0.3) is 0 Å². The van der Waals surface area contributed by atoms with Gasteiger partial charge in [0.15, 0.2) is 0 Å². The topological polar surface area (TPSA) is 43.4 Å². The van der Waals surface area contributed by atoms with Crippen molar-refractivity contribution in [3.8, 4) is 11.6 Å². The van der Waals surface area contributed by atoms with Gasteiger partial charge in [0.1, 0.15) is 11.4 Å². The Kier molecular flexibility index (Phi) is 3.59. The molecule has 1 saturated carbocycles. The summed E-state index contributed by atoms with van der Waals surface area (Å²) >= 11 is 0. The fourth-order valence-electron chi connectivity index (χ4n) is 3.28. The third-order valence-electron chi connectivity index (χ3n) is 4.81. The number of nitrogens with zero attached hydrogens (tertiary/aromatic N) is 1. The van der Waals surface area contributed by atoms with Crippen LogP contribution in [0.3, 0.4) is 0 Å². The van der Waals surface area contributed by atoms with Crippen molar-refractivity contribution < 1.29 is 9.47 Å². The van der Waals surface area contributed by atoms with Crippen molar-refractivity contribution in [3.05, 3.63) is 17.8 Å². The molecule has 0 bridgehead atoms. The minimum atomic E-state index is -0.0650. The van der Waals surface area contributed by atoms with E-state index in [0.717, 1.165) is 24.5 Å². The summed E-state index contributed by atoms with van der Waals surface area (Å²) in [4.78, 5) is 4.42. The van der Waals surface area contributed by atoms with E-state index in [-0.39, 0.29) is 5.60 Å². The number of methoxy groups -OCH3 is 1. The molecule has 0 spiro atoms. The van der Waals surface area contributed by atoms with E-state index in [1.54, 1.807) is 7.11 Å². The van der Waals surface area contributed by atoms with Crippen molar-refractivity contribution >= 4 is 0 Å². The van der Waals surface area contributed by atoms with Crippen LogP contribution in [0.1, 0.15) is 31.9 Å². The molecule has 1 aliphatic carbocycles. The molecule has 0 radical (unpaired) electrons. The number of aromatic nitrogens is 1. The van der Waals surface area contributed by atoms with Gasteiger partial charge in [-0.25, -0.2) is 4.98 Å². The zero-order valence-electron chi connectivity index (χ0n) is 12.6. The summed E-state index contributed by atoms with van der Waals surface area (Å²) in [7, 11) is 1.64. The van der Waals surface area contributed by atoms with Gasteiger partial charge >= 0.3 is 0 Å². The third-order valence-corrected chi connectivity index (χ3v) is 4.81. The van der Waals surface area contributed by atoms with E-state index in [0.29, 0.717) is 17.7 Å². The summed E-state index contributed by atoms with van der Waals surface area (Å²) in [5, 5.41) is 3.46. The second-order valence-electron chi connectivity index (χ2n) is 6.19. The van der Waals surface area contributed by atoms with Crippen LogP contribution in [-0.2, 0) is 0 Å². The van der Waals surface area contributed by atoms with Crippen LogP contribution >= 0.6 is 0 Å². The number of hydrogen-bond acceptors (Lipinski definition) is 4. The minimum absolute atomic E-state index is 0.0650. The van der Waals surface area contributed by atoms with E-state index in [4.69, 9.17) is 9.47 Å². The molecule has 4 nitrogen and oxygen atoms in total.